The van der Waals surface area contributed by atoms with E-state index in [0.29, 0.717) is 23.7 Å². The van der Waals surface area contributed by atoms with E-state index in [1.807, 2.05) is 30.3 Å². The van der Waals surface area contributed by atoms with Gasteiger partial charge in [0.05, 0.1) is 36.5 Å². The Balaban J connectivity index is 1.51. The summed E-state index contributed by atoms with van der Waals surface area (Å²) < 4.78 is 40.7. The van der Waals surface area contributed by atoms with Crippen molar-refractivity contribution in [2.75, 3.05) is 19.5 Å². The fraction of sp³-hybridized carbons (Fsp3) is 0.250. The van der Waals surface area contributed by atoms with Gasteiger partial charge < -0.3 is 9.47 Å². The number of rotatable bonds is 8. The molecule has 12 heteroatoms. The molecule has 1 N–H and O–H groups in total. The number of nitrogens with zero attached hydrogens (tertiary/aromatic N) is 3. The van der Waals surface area contributed by atoms with Crippen LogP contribution in [0.15, 0.2) is 68.4 Å². The molecule has 0 aromatic heterocycles. The van der Waals surface area contributed by atoms with Crippen LogP contribution in [0.3, 0.4) is 0 Å². The average molecular weight is 545 g/mol. The molecule has 0 unspecified atom stereocenters. The minimum absolute atomic E-state index is 0.0519. The van der Waals surface area contributed by atoms with Crippen molar-refractivity contribution < 1.29 is 22.7 Å². The van der Waals surface area contributed by atoms with Gasteiger partial charge in [0.1, 0.15) is 5.84 Å². The first-order valence-electron chi connectivity index (χ1n) is 10.9. The van der Waals surface area contributed by atoms with Crippen LogP contribution in [0.2, 0.25) is 0 Å². The summed E-state index contributed by atoms with van der Waals surface area (Å²) in [6.07, 6.45) is 1.48. The third-order valence-corrected chi connectivity index (χ3v) is 9.04. The molecule has 0 spiro atoms. The Morgan fingerprint density at radius 2 is 1.92 bits per heavy atom. The smallest absolute Gasteiger partial charge is 0.283 e. The van der Waals surface area contributed by atoms with Crippen LogP contribution in [-0.4, -0.2) is 60.1 Å². The van der Waals surface area contributed by atoms with Gasteiger partial charge in [0.15, 0.2) is 11.5 Å². The number of nitrogens with one attached hydrogen (secondary N) is 1. The number of amidine groups is 3. The van der Waals surface area contributed by atoms with Gasteiger partial charge in [-0.3, -0.25) is 10.2 Å². The first-order valence-corrected chi connectivity index (χ1v) is 14.2. The second kappa shape index (κ2) is 10.9. The molecule has 188 valence electrons. The molecule has 2 aromatic carbocycles. The van der Waals surface area contributed by atoms with Crippen LogP contribution in [0.25, 0.3) is 6.08 Å². The van der Waals surface area contributed by atoms with Crippen molar-refractivity contribution in [3.8, 4) is 11.5 Å². The quantitative estimate of drug-likeness (QED) is 0.226. The number of aliphatic imine (C=N–C) groups is 1. The number of methoxy groups -OCH3 is 1. The number of hydrogen-bond acceptors (Lipinski definition) is 9. The third kappa shape index (κ3) is 5.35. The molecule has 0 saturated carbocycles. The highest BCUT2D eigenvalue weighted by atomic mass is 32.2. The Morgan fingerprint density at radius 1 is 1.17 bits per heavy atom. The summed E-state index contributed by atoms with van der Waals surface area (Å²) in [5, 5.41) is 7.59. The summed E-state index contributed by atoms with van der Waals surface area (Å²) in [5.41, 5.74) is 0.518. The molecule has 0 radical (unpaired) electrons. The predicted molar refractivity (Wildman–Crippen MR) is 145 cm³/mol. The monoisotopic (exact) mass is 544 g/mol. The van der Waals surface area contributed by atoms with Gasteiger partial charge >= 0.3 is 0 Å². The number of benzene rings is 2. The Bertz CT molecular complexity index is 1390. The fourth-order valence-electron chi connectivity index (χ4n) is 3.28. The highest BCUT2D eigenvalue weighted by molar-refractivity contribution is 8.16. The maximum absolute atomic E-state index is 12.7. The summed E-state index contributed by atoms with van der Waals surface area (Å²) in [6, 6.07) is 15.2. The van der Waals surface area contributed by atoms with Gasteiger partial charge in [-0.2, -0.15) is 9.39 Å². The molecule has 0 fully saturated rings. The molecule has 4 rings (SSSR count). The first kappa shape index (κ1) is 26.0. The number of amides is 1. The van der Waals surface area contributed by atoms with Gasteiger partial charge in [0.25, 0.3) is 5.91 Å². The number of hydrogen-bond donors (Lipinski definition) is 1. The lowest BCUT2D eigenvalue weighted by molar-refractivity contribution is -0.114. The van der Waals surface area contributed by atoms with E-state index in [-0.39, 0.29) is 21.7 Å². The van der Waals surface area contributed by atoms with Gasteiger partial charge in [-0.25, -0.2) is 13.3 Å². The Kier molecular flexibility index (Phi) is 7.86. The highest BCUT2D eigenvalue weighted by Crippen LogP contribution is 2.33. The molecule has 0 atom stereocenters. The van der Waals surface area contributed by atoms with Crippen molar-refractivity contribution >= 4 is 61.7 Å². The van der Waals surface area contributed by atoms with E-state index in [1.165, 1.54) is 27.0 Å². The van der Waals surface area contributed by atoms with Crippen LogP contribution in [0.1, 0.15) is 19.4 Å². The van der Waals surface area contributed by atoms with Crippen LogP contribution in [0.4, 0.5) is 0 Å². The Morgan fingerprint density at radius 3 is 2.61 bits per heavy atom. The van der Waals surface area contributed by atoms with Crippen molar-refractivity contribution in [1.29, 1.82) is 5.41 Å². The molecule has 2 aromatic rings. The van der Waals surface area contributed by atoms with Crippen LogP contribution in [0, 0.1) is 5.41 Å². The zero-order valence-corrected chi connectivity index (χ0v) is 22.2. The number of thioether (sulfide) groups is 1. The minimum atomic E-state index is -3.78. The zero-order valence-electron chi connectivity index (χ0n) is 19.8. The Labute approximate surface area is 218 Å². The lowest BCUT2D eigenvalue weighted by atomic mass is 10.1. The third-order valence-electron chi connectivity index (χ3n) is 5.22. The molecule has 0 bridgehead atoms. The van der Waals surface area contributed by atoms with Crippen LogP contribution in [-0.2, 0) is 14.6 Å². The van der Waals surface area contributed by atoms with Gasteiger partial charge in [-0.15, -0.1) is 11.8 Å². The second-order valence-corrected chi connectivity index (χ2v) is 12.2. The van der Waals surface area contributed by atoms with Crippen molar-refractivity contribution in [3.05, 3.63) is 59.7 Å². The average Bonchev–Trinajstić information content (AvgIpc) is 3.30. The zero-order chi connectivity index (χ0) is 25.9. The normalized spacial score (nSPS) is 16.8. The Hall–Kier alpha value is -3.09. The van der Waals surface area contributed by atoms with Gasteiger partial charge in [0, 0.05) is 10.6 Å². The molecule has 2 aliphatic heterocycles. The molecule has 1 amide bonds. The molecule has 2 aliphatic rings. The fourth-order valence-corrected chi connectivity index (χ4v) is 6.10. The first-order chi connectivity index (χ1) is 17.2. The van der Waals surface area contributed by atoms with E-state index >= 15 is 0 Å². The highest BCUT2D eigenvalue weighted by Gasteiger charge is 2.43. The van der Waals surface area contributed by atoms with Gasteiger partial charge in [-0.1, -0.05) is 24.3 Å². The van der Waals surface area contributed by atoms with Crippen molar-refractivity contribution in [1.82, 2.24) is 4.90 Å². The summed E-state index contributed by atoms with van der Waals surface area (Å²) in [5.74, 6) is 0.827. The van der Waals surface area contributed by atoms with Crippen molar-refractivity contribution in [3.63, 3.8) is 0 Å². The number of sulfone groups is 1. The number of carbonyl (C=O) groups is 1. The number of fused-ring (bicyclic) bond motifs is 1. The molecular weight excluding hydrogens is 520 g/mol. The lowest BCUT2D eigenvalue weighted by Crippen LogP contribution is -2.46. The van der Waals surface area contributed by atoms with Crippen molar-refractivity contribution in [2.24, 2.45) is 9.39 Å². The summed E-state index contributed by atoms with van der Waals surface area (Å²) in [4.78, 5) is 18.9. The summed E-state index contributed by atoms with van der Waals surface area (Å²) in [7, 11) is -2.27. The lowest BCUT2D eigenvalue weighted by Gasteiger charge is -2.25. The van der Waals surface area contributed by atoms with E-state index in [2.05, 4.69) is 9.39 Å². The van der Waals surface area contributed by atoms with E-state index in [4.69, 9.17) is 14.9 Å². The van der Waals surface area contributed by atoms with Crippen LogP contribution < -0.4 is 9.47 Å². The van der Waals surface area contributed by atoms with E-state index < -0.39 is 21.0 Å². The summed E-state index contributed by atoms with van der Waals surface area (Å²) in [6.45, 7) is 3.53. The largest absolute Gasteiger partial charge is 0.493 e. The van der Waals surface area contributed by atoms with Gasteiger partial charge in [-0.05, 0) is 49.8 Å². The molecule has 9 nitrogen and oxygen atoms in total. The molecule has 0 aliphatic carbocycles. The van der Waals surface area contributed by atoms with E-state index in [0.717, 1.165) is 27.5 Å². The SMILES string of the molecule is COc1cc(/C=C2/C(=N)N3C(=NC2=O)SN=C3S(=O)(=O)C(C)C)ccc1OCCSc1ccccc1. The summed E-state index contributed by atoms with van der Waals surface area (Å²) >= 11 is 2.45. The molecule has 0 saturated heterocycles. The van der Waals surface area contributed by atoms with Crippen LogP contribution >= 0.6 is 23.7 Å². The maximum atomic E-state index is 12.7. The number of carbonyl (C=O) groups excluding carboxylic acids is 1. The van der Waals surface area contributed by atoms with Gasteiger partial charge in [0.2, 0.25) is 20.2 Å². The van der Waals surface area contributed by atoms with Crippen LogP contribution in [0.5, 0.6) is 11.5 Å². The minimum Gasteiger partial charge on any atom is -0.493 e. The second-order valence-electron chi connectivity index (χ2n) is 7.92. The standard InChI is InChI=1S/C24H24N4O5S3/c1-15(2)36(30,31)24-27-35-23-26-22(29)18(21(25)28(23)24)13-16-9-10-19(20(14-16)32-3)33-11-12-34-17-7-5-4-6-8-17/h4-10,13-15,25H,11-12H2,1-3H3/b18-13-,25-21?. The molecule has 2 heterocycles. The topological polar surface area (TPSA) is 121 Å². The predicted octanol–water partition coefficient (Wildman–Crippen LogP) is 4.27. The van der Waals surface area contributed by atoms with E-state index in [1.54, 1.807) is 30.0 Å². The van der Waals surface area contributed by atoms with E-state index in [9.17, 15) is 13.2 Å². The molecular formula is C24H24N4O5S3. The number of ether oxygens (including phenoxy) is 2. The maximum Gasteiger partial charge on any atom is 0.283 e. The molecule has 36 heavy (non-hydrogen) atoms. The van der Waals surface area contributed by atoms with Crippen molar-refractivity contribution in [2.45, 2.75) is 24.0 Å².